The molecule has 234 valence electrons. The fourth-order valence-corrected chi connectivity index (χ4v) is 6.79. The highest BCUT2D eigenvalue weighted by atomic mass is 32.2. The molecule has 42 heavy (non-hydrogen) atoms. The molecule has 0 unspecified atom stereocenters. The molecule has 0 amide bonds. The summed E-state index contributed by atoms with van der Waals surface area (Å²) in [5, 5.41) is 8.69. The van der Waals surface area contributed by atoms with Crippen LogP contribution in [0.5, 0.6) is 0 Å². The first-order chi connectivity index (χ1) is 20.0. The third kappa shape index (κ3) is 14.4. The van der Waals surface area contributed by atoms with Gasteiger partial charge in [0.15, 0.2) is 0 Å². The van der Waals surface area contributed by atoms with Gasteiger partial charge in [0.25, 0.3) is 0 Å². The summed E-state index contributed by atoms with van der Waals surface area (Å²) < 4.78 is 54.9. The van der Waals surface area contributed by atoms with E-state index in [1.54, 1.807) is 24.3 Å². The Labute approximate surface area is 254 Å². The summed E-state index contributed by atoms with van der Waals surface area (Å²) in [4.78, 5) is 0. The molecule has 0 fully saturated rings. The van der Waals surface area contributed by atoms with Crippen molar-refractivity contribution in [2.75, 3.05) is 20.9 Å². The van der Waals surface area contributed by atoms with Crippen molar-refractivity contribution in [2.24, 2.45) is 10.2 Å². The molecule has 0 aliphatic rings. The standard InChI is InChI=1S/C32H50N4O4S2/c1-5-7-9-11-13-15-25-41(37,38)35-31-21-17-29(18-22-31)27(3)33-34-28(4)30-19-23-32(24-20-30)36-42(39,40)26-16-14-12-10-8-6-2/h17-24,35-36H,5-16,25-26H2,1-4H3/b33-27-,34-28+. The lowest BCUT2D eigenvalue weighted by molar-refractivity contribution is 0.586. The lowest BCUT2D eigenvalue weighted by Crippen LogP contribution is -2.16. The van der Waals surface area contributed by atoms with Crippen LogP contribution in [0.2, 0.25) is 0 Å². The van der Waals surface area contributed by atoms with E-state index < -0.39 is 20.0 Å². The maximum Gasteiger partial charge on any atom is 0.232 e. The van der Waals surface area contributed by atoms with Gasteiger partial charge in [-0.3, -0.25) is 9.44 Å². The lowest BCUT2D eigenvalue weighted by atomic mass is 10.1. The number of anilines is 2. The Balaban J connectivity index is 1.88. The van der Waals surface area contributed by atoms with E-state index in [1.807, 2.05) is 38.1 Å². The Morgan fingerprint density at radius 1 is 0.524 bits per heavy atom. The second kappa shape index (κ2) is 18.7. The second-order valence-corrected chi connectivity index (χ2v) is 14.6. The molecule has 0 aromatic heterocycles. The van der Waals surface area contributed by atoms with Crippen molar-refractivity contribution in [3.63, 3.8) is 0 Å². The van der Waals surface area contributed by atoms with Crippen molar-refractivity contribution >= 4 is 42.8 Å². The van der Waals surface area contributed by atoms with Crippen molar-refractivity contribution < 1.29 is 16.8 Å². The second-order valence-electron chi connectivity index (χ2n) is 10.9. The van der Waals surface area contributed by atoms with Crippen molar-refractivity contribution in [1.29, 1.82) is 0 Å². The minimum atomic E-state index is -3.37. The van der Waals surface area contributed by atoms with Gasteiger partial charge in [-0.1, -0.05) is 102 Å². The van der Waals surface area contributed by atoms with Crippen LogP contribution in [0.4, 0.5) is 11.4 Å². The predicted octanol–water partition coefficient (Wildman–Crippen LogP) is 8.12. The Kier molecular flexibility index (Phi) is 15.8. The van der Waals surface area contributed by atoms with E-state index in [0.29, 0.717) is 35.6 Å². The molecule has 0 heterocycles. The minimum Gasteiger partial charge on any atom is -0.284 e. The molecule has 2 aromatic rings. The lowest BCUT2D eigenvalue weighted by Gasteiger charge is -2.09. The fraction of sp³-hybridized carbons (Fsp3) is 0.562. The van der Waals surface area contributed by atoms with Crippen LogP contribution in [-0.2, 0) is 20.0 Å². The van der Waals surface area contributed by atoms with Crippen LogP contribution >= 0.6 is 0 Å². The highest BCUT2D eigenvalue weighted by Gasteiger charge is 2.12. The maximum atomic E-state index is 12.4. The van der Waals surface area contributed by atoms with E-state index >= 15 is 0 Å². The first-order valence-electron chi connectivity index (χ1n) is 15.4. The van der Waals surface area contributed by atoms with Crippen LogP contribution in [-0.4, -0.2) is 39.8 Å². The van der Waals surface area contributed by atoms with Gasteiger partial charge in [0.2, 0.25) is 20.0 Å². The van der Waals surface area contributed by atoms with Gasteiger partial charge in [-0.25, -0.2) is 16.8 Å². The van der Waals surface area contributed by atoms with E-state index in [0.717, 1.165) is 49.7 Å². The quantitative estimate of drug-likeness (QED) is 0.0834. The summed E-state index contributed by atoms with van der Waals surface area (Å²) in [6, 6.07) is 14.2. The summed E-state index contributed by atoms with van der Waals surface area (Å²) in [5.41, 5.74) is 4.10. The predicted molar refractivity (Wildman–Crippen MR) is 179 cm³/mol. The topological polar surface area (TPSA) is 117 Å². The molecule has 2 aromatic carbocycles. The zero-order valence-corrected chi connectivity index (χ0v) is 27.5. The van der Waals surface area contributed by atoms with E-state index in [9.17, 15) is 16.8 Å². The zero-order valence-electron chi connectivity index (χ0n) is 25.9. The van der Waals surface area contributed by atoms with Gasteiger partial charge < -0.3 is 0 Å². The SMILES string of the molecule is CCCCCCCCS(=O)(=O)Nc1ccc(/C(C)=N\N=C(/C)c2ccc(NS(=O)(=O)CCCCCCCC)cc2)cc1. The van der Waals surface area contributed by atoms with E-state index in [1.165, 1.54) is 25.7 Å². The smallest absolute Gasteiger partial charge is 0.232 e. The molecule has 2 N–H and O–H groups in total. The molecule has 0 saturated heterocycles. The molecule has 8 nitrogen and oxygen atoms in total. The van der Waals surface area contributed by atoms with Crippen LogP contribution in [0.3, 0.4) is 0 Å². The first kappa shape index (κ1) is 35.5. The van der Waals surface area contributed by atoms with E-state index in [4.69, 9.17) is 0 Å². The van der Waals surface area contributed by atoms with Gasteiger partial charge in [-0.15, -0.1) is 0 Å². The van der Waals surface area contributed by atoms with Crippen LogP contribution in [0.15, 0.2) is 58.7 Å². The Morgan fingerprint density at radius 2 is 0.833 bits per heavy atom. The largest absolute Gasteiger partial charge is 0.284 e. The molecule has 0 saturated carbocycles. The van der Waals surface area contributed by atoms with Crippen molar-refractivity contribution in [1.82, 2.24) is 0 Å². The Hall–Kier alpha value is -2.72. The summed E-state index contributed by atoms with van der Waals surface area (Å²) in [6.45, 7) is 8.01. The number of unbranched alkanes of at least 4 members (excludes halogenated alkanes) is 10. The first-order valence-corrected chi connectivity index (χ1v) is 18.7. The van der Waals surface area contributed by atoms with Gasteiger partial charge in [-0.05, 0) is 62.1 Å². The number of benzene rings is 2. The summed E-state index contributed by atoms with van der Waals surface area (Å²) in [6.07, 6.45) is 12.4. The Morgan fingerprint density at radius 3 is 1.17 bits per heavy atom. The average Bonchev–Trinajstić information content (AvgIpc) is 2.95. The number of hydrogen-bond acceptors (Lipinski definition) is 6. The summed E-state index contributed by atoms with van der Waals surface area (Å²) in [7, 11) is -6.75. The Bertz CT molecular complexity index is 1230. The van der Waals surface area contributed by atoms with Crippen molar-refractivity contribution in [2.45, 2.75) is 105 Å². The fourth-order valence-electron chi connectivity index (χ4n) is 4.43. The third-order valence-corrected chi connectivity index (χ3v) is 9.78. The summed E-state index contributed by atoms with van der Waals surface area (Å²) >= 11 is 0. The molecule has 0 radical (unpaired) electrons. The van der Waals surface area contributed by atoms with Crippen LogP contribution in [0, 0.1) is 0 Å². The van der Waals surface area contributed by atoms with Gasteiger partial charge in [0, 0.05) is 11.4 Å². The number of nitrogens with one attached hydrogen (secondary N) is 2. The molecule has 0 bridgehead atoms. The van der Waals surface area contributed by atoms with Gasteiger partial charge in [0.05, 0.1) is 22.9 Å². The van der Waals surface area contributed by atoms with Crippen LogP contribution < -0.4 is 9.44 Å². The molecule has 0 atom stereocenters. The molecule has 0 aliphatic carbocycles. The number of hydrogen-bond donors (Lipinski definition) is 2. The number of nitrogens with zero attached hydrogens (tertiary/aromatic N) is 2. The maximum absolute atomic E-state index is 12.4. The van der Waals surface area contributed by atoms with Gasteiger partial charge >= 0.3 is 0 Å². The monoisotopic (exact) mass is 618 g/mol. The molecule has 2 rings (SSSR count). The molecule has 0 aliphatic heterocycles. The van der Waals surface area contributed by atoms with Gasteiger partial charge in [-0.2, -0.15) is 10.2 Å². The highest BCUT2D eigenvalue weighted by Crippen LogP contribution is 2.16. The summed E-state index contributed by atoms with van der Waals surface area (Å²) in [5.74, 6) is 0.253. The molecular formula is C32H50N4O4S2. The molecule has 0 spiro atoms. The normalized spacial score (nSPS) is 12.9. The number of rotatable bonds is 21. The molecular weight excluding hydrogens is 569 g/mol. The zero-order chi connectivity index (χ0) is 30.8. The van der Waals surface area contributed by atoms with Gasteiger partial charge in [0.1, 0.15) is 0 Å². The molecule has 10 heteroatoms. The third-order valence-electron chi connectivity index (χ3n) is 7.04. The van der Waals surface area contributed by atoms with E-state index in [-0.39, 0.29) is 11.5 Å². The van der Waals surface area contributed by atoms with Crippen molar-refractivity contribution in [3.8, 4) is 0 Å². The average molecular weight is 619 g/mol. The number of sulfonamides is 2. The highest BCUT2D eigenvalue weighted by molar-refractivity contribution is 7.92. The van der Waals surface area contributed by atoms with Crippen LogP contribution in [0.25, 0.3) is 0 Å². The van der Waals surface area contributed by atoms with Crippen LogP contribution in [0.1, 0.15) is 116 Å². The minimum absolute atomic E-state index is 0.126. The van der Waals surface area contributed by atoms with Crippen molar-refractivity contribution in [3.05, 3.63) is 59.7 Å². The van der Waals surface area contributed by atoms with E-state index in [2.05, 4.69) is 33.5 Å².